The molecule has 1 amide bonds. The molecule has 0 spiro atoms. The lowest BCUT2D eigenvalue weighted by Crippen LogP contribution is -2.40. The molecule has 0 bridgehead atoms. The number of anilines is 1. The van der Waals surface area contributed by atoms with Crippen LogP contribution in [-0.2, 0) is 21.4 Å². The fourth-order valence-corrected chi connectivity index (χ4v) is 4.33. The molecule has 8 heteroatoms. The maximum absolute atomic E-state index is 13.3. The number of nitrogens with one attached hydrogen (secondary N) is 1. The number of aryl methyl sites for hydroxylation is 1. The number of carbonyl (C=O) groups is 1. The van der Waals surface area contributed by atoms with Crippen LogP contribution in [0.25, 0.3) is 0 Å². The van der Waals surface area contributed by atoms with Gasteiger partial charge in [-0.2, -0.15) is 0 Å². The van der Waals surface area contributed by atoms with Gasteiger partial charge in [0.2, 0.25) is 5.91 Å². The minimum atomic E-state index is -3.91. The van der Waals surface area contributed by atoms with E-state index < -0.39 is 15.9 Å². The molecule has 29 heavy (non-hydrogen) atoms. The number of sulfonamides is 1. The van der Waals surface area contributed by atoms with Crippen LogP contribution >= 0.6 is 15.9 Å². The lowest BCUT2D eigenvalue weighted by atomic mass is 10.2. The second-order valence-corrected chi connectivity index (χ2v) is 9.21. The van der Waals surface area contributed by atoms with Gasteiger partial charge in [0.25, 0.3) is 10.0 Å². The van der Waals surface area contributed by atoms with Gasteiger partial charge in [0, 0.05) is 23.4 Å². The van der Waals surface area contributed by atoms with Crippen molar-refractivity contribution in [3.63, 3.8) is 0 Å². The monoisotopic (exact) mass is 473 g/mol. The van der Waals surface area contributed by atoms with Crippen LogP contribution in [0.3, 0.4) is 0 Å². The SMILES string of the molecule is Cc1ccc(S(=O)(=O)N(CC(=O)NCc2ccncc2)c2ccc(Br)cc2)cc1. The van der Waals surface area contributed by atoms with Crippen molar-refractivity contribution in [3.8, 4) is 0 Å². The first-order chi connectivity index (χ1) is 13.9. The number of hydrogen-bond acceptors (Lipinski definition) is 4. The third-order valence-electron chi connectivity index (χ3n) is 4.25. The van der Waals surface area contributed by atoms with Gasteiger partial charge >= 0.3 is 0 Å². The van der Waals surface area contributed by atoms with Gasteiger partial charge in [-0.1, -0.05) is 33.6 Å². The average molecular weight is 474 g/mol. The first-order valence-corrected chi connectivity index (χ1v) is 11.1. The van der Waals surface area contributed by atoms with E-state index in [4.69, 9.17) is 0 Å². The molecular formula is C21H20BrN3O3S. The van der Waals surface area contributed by atoms with Crippen molar-refractivity contribution >= 4 is 37.5 Å². The fourth-order valence-electron chi connectivity index (χ4n) is 2.65. The van der Waals surface area contributed by atoms with Crippen LogP contribution in [0.15, 0.2) is 82.4 Å². The van der Waals surface area contributed by atoms with Crippen LogP contribution < -0.4 is 9.62 Å². The Bertz CT molecular complexity index is 1070. The van der Waals surface area contributed by atoms with Crippen LogP contribution in [0.2, 0.25) is 0 Å². The largest absolute Gasteiger partial charge is 0.350 e. The zero-order valence-electron chi connectivity index (χ0n) is 15.7. The first kappa shape index (κ1) is 21.0. The van der Waals surface area contributed by atoms with Crippen molar-refractivity contribution in [3.05, 3.63) is 88.7 Å². The molecule has 3 rings (SSSR count). The summed E-state index contributed by atoms with van der Waals surface area (Å²) >= 11 is 3.35. The molecular weight excluding hydrogens is 454 g/mol. The Balaban J connectivity index is 1.86. The summed E-state index contributed by atoms with van der Waals surface area (Å²) in [7, 11) is -3.91. The predicted octanol–water partition coefficient (Wildman–Crippen LogP) is 3.66. The molecule has 150 valence electrons. The zero-order valence-corrected chi connectivity index (χ0v) is 18.2. The summed E-state index contributed by atoms with van der Waals surface area (Å²) in [4.78, 5) is 16.6. The molecule has 0 aliphatic heterocycles. The molecule has 1 aromatic heterocycles. The normalized spacial score (nSPS) is 11.1. The van der Waals surface area contributed by atoms with Crippen LogP contribution in [-0.4, -0.2) is 25.9 Å². The maximum Gasteiger partial charge on any atom is 0.264 e. The van der Waals surface area contributed by atoms with Crippen LogP contribution in [0.4, 0.5) is 5.69 Å². The second kappa shape index (κ2) is 9.19. The molecule has 6 nitrogen and oxygen atoms in total. The van der Waals surface area contributed by atoms with Crippen LogP contribution in [0.1, 0.15) is 11.1 Å². The van der Waals surface area contributed by atoms with E-state index in [1.807, 2.05) is 6.92 Å². The van der Waals surface area contributed by atoms with Crippen molar-refractivity contribution in [2.75, 3.05) is 10.8 Å². The molecule has 3 aromatic rings. The fraction of sp³-hybridized carbons (Fsp3) is 0.143. The number of carbonyl (C=O) groups excluding carboxylic acids is 1. The Morgan fingerprint density at radius 2 is 1.62 bits per heavy atom. The number of halogens is 1. The quantitative estimate of drug-likeness (QED) is 0.567. The summed E-state index contributed by atoms with van der Waals surface area (Å²) in [5, 5.41) is 2.76. The van der Waals surface area contributed by atoms with E-state index in [1.165, 1.54) is 0 Å². The number of aromatic nitrogens is 1. The Morgan fingerprint density at radius 1 is 1.00 bits per heavy atom. The van der Waals surface area contributed by atoms with Gasteiger partial charge < -0.3 is 5.32 Å². The average Bonchev–Trinajstić information content (AvgIpc) is 2.72. The maximum atomic E-state index is 13.3. The highest BCUT2D eigenvalue weighted by Crippen LogP contribution is 2.25. The number of nitrogens with zero attached hydrogens (tertiary/aromatic N) is 2. The molecule has 0 radical (unpaired) electrons. The summed E-state index contributed by atoms with van der Waals surface area (Å²) < 4.78 is 28.5. The Labute approximate surface area is 178 Å². The minimum Gasteiger partial charge on any atom is -0.350 e. The zero-order chi connectivity index (χ0) is 20.9. The van der Waals surface area contributed by atoms with E-state index in [0.717, 1.165) is 19.9 Å². The van der Waals surface area contributed by atoms with E-state index in [-0.39, 0.29) is 11.4 Å². The highest BCUT2D eigenvalue weighted by molar-refractivity contribution is 9.10. The molecule has 0 aliphatic carbocycles. The summed E-state index contributed by atoms with van der Waals surface area (Å²) in [6, 6.07) is 16.9. The first-order valence-electron chi connectivity index (χ1n) is 8.87. The van der Waals surface area contributed by atoms with Crippen molar-refractivity contribution < 1.29 is 13.2 Å². The summed E-state index contributed by atoms with van der Waals surface area (Å²) in [5.74, 6) is -0.402. The van der Waals surface area contributed by atoms with E-state index in [2.05, 4.69) is 26.2 Å². The van der Waals surface area contributed by atoms with Gasteiger partial charge in [0.1, 0.15) is 6.54 Å². The van der Waals surface area contributed by atoms with Gasteiger partial charge in [0.15, 0.2) is 0 Å². The lowest BCUT2D eigenvalue weighted by molar-refractivity contribution is -0.119. The number of rotatable bonds is 7. The smallest absolute Gasteiger partial charge is 0.264 e. The minimum absolute atomic E-state index is 0.132. The van der Waals surface area contributed by atoms with Gasteiger partial charge in [-0.05, 0) is 61.0 Å². The molecule has 0 unspecified atom stereocenters. The summed E-state index contributed by atoms with van der Waals surface area (Å²) in [6.07, 6.45) is 3.27. The Morgan fingerprint density at radius 3 is 2.24 bits per heavy atom. The van der Waals surface area contributed by atoms with E-state index in [9.17, 15) is 13.2 Å². The Kier molecular flexibility index (Phi) is 6.66. The Hall–Kier alpha value is -2.71. The standard InChI is InChI=1S/C21H20BrN3O3S/c1-16-2-8-20(9-3-16)29(27,28)25(19-6-4-18(22)5-7-19)15-21(26)24-14-17-10-12-23-13-11-17/h2-13H,14-15H2,1H3,(H,24,26). The van der Waals surface area contributed by atoms with E-state index in [0.29, 0.717) is 12.2 Å². The molecule has 0 saturated carbocycles. The molecule has 0 saturated heterocycles. The van der Waals surface area contributed by atoms with Crippen molar-refractivity contribution in [2.45, 2.75) is 18.4 Å². The van der Waals surface area contributed by atoms with Crippen LogP contribution in [0, 0.1) is 6.92 Å². The second-order valence-electron chi connectivity index (χ2n) is 6.43. The van der Waals surface area contributed by atoms with Gasteiger partial charge in [-0.3, -0.25) is 14.1 Å². The van der Waals surface area contributed by atoms with Gasteiger partial charge in [0.05, 0.1) is 10.6 Å². The molecule has 1 heterocycles. The highest BCUT2D eigenvalue weighted by atomic mass is 79.9. The number of amides is 1. The van der Waals surface area contributed by atoms with E-state index >= 15 is 0 Å². The number of benzene rings is 2. The highest BCUT2D eigenvalue weighted by Gasteiger charge is 2.27. The molecule has 0 atom stereocenters. The van der Waals surface area contributed by atoms with Gasteiger partial charge in [-0.25, -0.2) is 8.42 Å². The summed E-state index contributed by atoms with van der Waals surface area (Å²) in [6.45, 7) is 1.85. The van der Waals surface area contributed by atoms with Crippen molar-refractivity contribution in [1.82, 2.24) is 10.3 Å². The summed E-state index contributed by atoms with van der Waals surface area (Å²) in [5.41, 5.74) is 2.24. The third-order valence-corrected chi connectivity index (χ3v) is 6.57. The molecule has 0 fully saturated rings. The number of pyridine rings is 1. The molecule has 0 aliphatic rings. The third kappa shape index (κ3) is 5.42. The van der Waals surface area contributed by atoms with Crippen molar-refractivity contribution in [1.29, 1.82) is 0 Å². The topological polar surface area (TPSA) is 79.4 Å². The lowest BCUT2D eigenvalue weighted by Gasteiger charge is -2.24. The predicted molar refractivity (Wildman–Crippen MR) is 116 cm³/mol. The molecule has 1 N–H and O–H groups in total. The number of hydrogen-bond donors (Lipinski definition) is 1. The van der Waals surface area contributed by atoms with E-state index in [1.54, 1.807) is 73.1 Å². The van der Waals surface area contributed by atoms with Crippen molar-refractivity contribution in [2.24, 2.45) is 0 Å². The molecule has 2 aromatic carbocycles. The van der Waals surface area contributed by atoms with Gasteiger partial charge in [-0.15, -0.1) is 0 Å². The van der Waals surface area contributed by atoms with Crippen LogP contribution in [0.5, 0.6) is 0 Å².